The summed E-state index contributed by atoms with van der Waals surface area (Å²) in [6.45, 7) is 4.46. The average Bonchev–Trinajstić information content (AvgIpc) is 2.65. The van der Waals surface area contributed by atoms with E-state index in [4.69, 9.17) is 0 Å². The zero-order chi connectivity index (χ0) is 11.5. The van der Waals surface area contributed by atoms with Gasteiger partial charge < -0.3 is 5.32 Å². The summed E-state index contributed by atoms with van der Waals surface area (Å²) in [5, 5.41) is 3.62. The summed E-state index contributed by atoms with van der Waals surface area (Å²) < 4.78 is 12.8. The molecule has 2 rings (SSSR count). The Morgan fingerprint density at radius 2 is 1.94 bits per heavy atom. The molecular weight excluding hydrogens is 201 g/mol. The van der Waals surface area contributed by atoms with Crippen LogP contribution in [0.15, 0.2) is 24.3 Å². The van der Waals surface area contributed by atoms with Crippen molar-refractivity contribution < 1.29 is 4.39 Å². The summed E-state index contributed by atoms with van der Waals surface area (Å²) in [5.41, 5.74) is 1.17. The molecule has 1 fully saturated rings. The first-order valence-electron chi connectivity index (χ1n) is 6.16. The number of nitrogens with one attached hydrogen (secondary N) is 1. The lowest BCUT2D eigenvalue weighted by Crippen LogP contribution is -2.29. The third kappa shape index (κ3) is 2.82. The van der Waals surface area contributed by atoms with Gasteiger partial charge in [0.05, 0.1) is 0 Å². The van der Waals surface area contributed by atoms with E-state index in [2.05, 4.69) is 19.2 Å². The van der Waals surface area contributed by atoms with Crippen molar-refractivity contribution in [1.82, 2.24) is 5.32 Å². The summed E-state index contributed by atoms with van der Waals surface area (Å²) in [6, 6.07) is 7.75. The molecule has 2 unspecified atom stereocenters. The molecule has 0 saturated heterocycles. The predicted molar refractivity (Wildman–Crippen MR) is 64.8 cm³/mol. The third-order valence-electron chi connectivity index (χ3n) is 3.55. The van der Waals surface area contributed by atoms with Gasteiger partial charge in [-0.05, 0) is 49.8 Å². The molecule has 3 atom stereocenters. The Kier molecular flexibility index (Phi) is 3.59. The van der Waals surface area contributed by atoms with Crippen molar-refractivity contribution in [3.05, 3.63) is 35.6 Å². The van der Waals surface area contributed by atoms with Gasteiger partial charge in [-0.1, -0.05) is 19.1 Å². The molecule has 0 spiro atoms. The van der Waals surface area contributed by atoms with Crippen LogP contribution in [0.25, 0.3) is 0 Å². The summed E-state index contributed by atoms with van der Waals surface area (Å²) >= 11 is 0. The number of hydrogen-bond donors (Lipinski definition) is 1. The Labute approximate surface area is 97.1 Å². The van der Waals surface area contributed by atoms with E-state index in [1.807, 2.05) is 12.1 Å². The van der Waals surface area contributed by atoms with E-state index < -0.39 is 0 Å². The van der Waals surface area contributed by atoms with Crippen LogP contribution in [0.4, 0.5) is 4.39 Å². The van der Waals surface area contributed by atoms with Crippen molar-refractivity contribution in [2.45, 2.75) is 45.2 Å². The normalized spacial score (nSPS) is 26.9. The second-order valence-corrected chi connectivity index (χ2v) is 5.06. The van der Waals surface area contributed by atoms with Crippen LogP contribution >= 0.6 is 0 Å². The van der Waals surface area contributed by atoms with Gasteiger partial charge in [0.2, 0.25) is 0 Å². The van der Waals surface area contributed by atoms with Gasteiger partial charge in [0.1, 0.15) is 5.82 Å². The van der Waals surface area contributed by atoms with Crippen LogP contribution in [0.1, 0.15) is 44.7 Å². The molecule has 1 saturated carbocycles. The lowest BCUT2D eigenvalue weighted by Gasteiger charge is -2.19. The first kappa shape index (κ1) is 11.6. The molecular formula is C14H20FN. The molecule has 88 valence electrons. The van der Waals surface area contributed by atoms with E-state index in [1.54, 1.807) is 0 Å². The predicted octanol–water partition coefficient (Wildman–Crippen LogP) is 3.66. The fraction of sp³-hybridized carbons (Fsp3) is 0.571. The van der Waals surface area contributed by atoms with E-state index in [1.165, 1.54) is 37.0 Å². The Bertz CT molecular complexity index is 333. The molecule has 0 aliphatic heterocycles. The molecule has 1 aromatic carbocycles. The van der Waals surface area contributed by atoms with Gasteiger partial charge in [-0.3, -0.25) is 0 Å². The lowest BCUT2D eigenvalue weighted by molar-refractivity contribution is 0.449. The van der Waals surface area contributed by atoms with Gasteiger partial charge in [-0.25, -0.2) is 4.39 Å². The molecule has 0 amide bonds. The first-order chi connectivity index (χ1) is 7.65. The Morgan fingerprint density at radius 3 is 2.50 bits per heavy atom. The van der Waals surface area contributed by atoms with Gasteiger partial charge in [-0.2, -0.15) is 0 Å². The SMILES string of the molecule is CC1CCC(N[C@@H](C)c2ccc(F)cc2)C1. The van der Waals surface area contributed by atoms with Crippen molar-refractivity contribution in [2.24, 2.45) is 5.92 Å². The van der Waals surface area contributed by atoms with Gasteiger partial charge in [-0.15, -0.1) is 0 Å². The Hall–Kier alpha value is -0.890. The maximum absolute atomic E-state index is 12.8. The van der Waals surface area contributed by atoms with Crippen LogP contribution in [0.2, 0.25) is 0 Å². The number of benzene rings is 1. The molecule has 1 aromatic rings. The summed E-state index contributed by atoms with van der Waals surface area (Å²) in [7, 11) is 0. The van der Waals surface area contributed by atoms with E-state index in [0.717, 1.165) is 5.92 Å². The van der Waals surface area contributed by atoms with Gasteiger partial charge in [0.25, 0.3) is 0 Å². The zero-order valence-corrected chi connectivity index (χ0v) is 10.0. The van der Waals surface area contributed by atoms with Crippen molar-refractivity contribution in [2.75, 3.05) is 0 Å². The standard InChI is InChI=1S/C14H20FN/c1-10-3-8-14(9-10)16-11(2)12-4-6-13(15)7-5-12/h4-7,10-11,14,16H,3,8-9H2,1-2H3/t10?,11-,14?/m0/s1. The second kappa shape index (κ2) is 4.96. The van der Waals surface area contributed by atoms with E-state index in [0.29, 0.717) is 12.1 Å². The van der Waals surface area contributed by atoms with Crippen molar-refractivity contribution in [3.8, 4) is 0 Å². The average molecular weight is 221 g/mol. The van der Waals surface area contributed by atoms with Crippen LogP contribution < -0.4 is 5.32 Å². The fourth-order valence-corrected chi connectivity index (χ4v) is 2.56. The fourth-order valence-electron chi connectivity index (χ4n) is 2.56. The van der Waals surface area contributed by atoms with Crippen LogP contribution in [0, 0.1) is 11.7 Å². The zero-order valence-electron chi connectivity index (χ0n) is 10.0. The van der Waals surface area contributed by atoms with E-state index in [9.17, 15) is 4.39 Å². The maximum atomic E-state index is 12.8. The van der Waals surface area contributed by atoms with Gasteiger partial charge in [0.15, 0.2) is 0 Å². The van der Waals surface area contributed by atoms with E-state index >= 15 is 0 Å². The van der Waals surface area contributed by atoms with Gasteiger partial charge >= 0.3 is 0 Å². The quantitative estimate of drug-likeness (QED) is 0.821. The minimum Gasteiger partial charge on any atom is -0.307 e. The van der Waals surface area contributed by atoms with Crippen LogP contribution in [-0.2, 0) is 0 Å². The largest absolute Gasteiger partial charge is 0.307 e. The van der Waals surface area contributed by atoms with Crippen LogP contribution in [0.3, 0.4) is 0 Å². The molecule has 2 heteroatoms. The van der Waals surface area contributed by atoms with Crippen LogP contribution in [0.5, 0.6) is 0 Å². The highest BCUT2D eigenvalue weighted by Crippen LogP contribution is 2.26. The Balaban J connectivity index is 1.92. The minimum absolute atomic E-state index is 0.162. The minimum atomic E-state index is -0.162. The molecule has 1 aliphatic rings. The topological polar surface area (TPSA) is 12.0 Å². The van der Waals surface area contributed by atoms with Gasteiger partial charge in [0, 0.05) is 12.1 Å². The van der Waals surface area contributed by atoms with E-state index in [-0.39, 0.29) is 5.82 Å². The smallest absolute Gasteiger partial charge is 0.123 e. The van der Waals surface area contributed by atoms with Crippen molar-refractivity contribution in [1.29, 1.82) is 0 Å². The molecule has 1 nitrogen and oxygen atoms in total. The summed E-state index contributed by atoms with van der Waals surface area (Å²) in [5.74, 6) is 0.684. The van der Waals surface area contributed by atoms with Crippen molar-refractivity contribution >= 4 is 0 Å². The highest BCUT2D eigenvalue weighted by atomic mass is 19.1. The molecule has 0 bridgehead atoms. The second-order valence-electron chi connectivity index (χ2n) is 5.06. The highest BCUT2D eigenvalue weighted by Gasteiger charge is 2.22. The first-order valence-corrected chi connectivity index (χ1v) is 6.16. The number of halogens is 1. The summed E-state index contributed by atoms with van der Waals surface area (Å²) in [4.78, 5) is 0. The molecule has 0 radical (unpaired) electrons. The summed E-state index contributed by atoms with van der Waals surface area (Å²) in [6.07, 6.45) is 3.87. The Morgan fingerprint density at radius 1 is 1.25 bits per heavy atom. The maximum Gasteiger partial charge on any atom is 0.123 e. The number of hydrogen-bond acceptors (Lipinski definition) is 1. The molecule has 16 heavy (non-hydrogen) atoms. The molecule has 1 N–H and O–H groups in total. The van der Waals surface area contributed by atoms with Crippen LogP contribution in [-0.4, -0.2) is 6.04 Å². The monoisotopic (exact) mass is 221 g/mol. The third-order valence-corrected chi connectivity index (χ3v) is 3.55. The number of rotatable bonds is 3. The lowest BCUT2D eigenvalue weighted by atomic mass is 10.1. The van der Waals surface area contributed by atoms with Crippen molar-refractivity contribution in [3.63, 3.8) is 0 Å². The molecule has 0 aromatic heterocycles. The highest BCUT2D eigenvalue weighted by molar-refractivity contribution is 5.19. The molecule has 0 heterocycles. The molecule has 1 aliphatic carbocycles.